The second-order valence-corrected chi connectivity index (χ2v) is 5.73. The number of halogens is 1. The van der Waals surface area contributed by atoms with Gasteiger partial charge in [-0.2, -0.15) is 0 Å². The molecule has 0 heterocycles. The Morgan fingerprint density at radius 2 is 1.50 bits per heavy atom. The molecular formula is C17H13I. The summed E-state index contributed by atoms with van der Waals surface area (Å²) in [4.78, 5) is 0. The summed E-state index contributed by atoms with van der Waals surface area (Å²) < 4.78 is 1.29. The van der Waals surface area contributed by atoms with Crippen LogP contribution in [0.25, 0.3) is 0 Å². The number of rotatable bonds is 2. The van der Waals surface area contributed by atoms with Gasteiger partial charge in [0.15, 0.2) is 0 Å². The number of hydrogen-bond donors (Lipinski definition) is 0. The van der Waals surface area contributed by atoms with Gasteiger partial charge in [-0.25, -0.2) is 0 Å². The van der Waals surface area contributed by atoms with E-state index in [1.807, 2.05) is 0 Å². The lowest BCUT2D eigenvalue weighted by molar-refractivity contribution is 1.20. The van der Waals surface area contributed by atoms with Crippen LogP contribution in [0.3, 0.4) is 0 Å². The molecule has 0 amide bonds. The van der Waals surface area contributed by atoms with Crippen molar-refractivity contribution in [3.63, 3.8) is 0 Å². The molecule has 0 nitrogen and oxygen atoms in total. The Morgan fingerprint density at radius 3 is 2.22 bits per heavy atom. The highest BCUT2D eigenvalue weighted by molar-refractivity contribution is 14.1. The zero-order valence-electron chi connectivity index (χ0n) is 9.94. The summed E-state index contributed by atoms with van der Waals surface area (Å²) in [5.74, 6) is 0. The maximum atomic E-state index is 2.34. The van der Waals surface area contributed by atoms with Gasteiger partial charge in [0.2, 0.25) is 0 Å². The molecule has 0 saturated carbocycles. The summed E-state index contributed by atoms with van der Waals surface area (Å²) in [6, 6.07) is 8.74. The molecule has 1 aromatic carbocycles. The number of hydrogen-bond acceptors (Lipinski definition) is 0. The lowest BCUT2D eigenvalue weighted by Crippen LogP contribution is -1.86. The van der Waals surface area contributed by atoms with Crippen molar-refractivity contribution < 1.29 is 0 Å². The van der Waals surface area contributed by atoms with E-state index in [-0.39, 0.29) is 0 Å². The van der Waals surface area contributed by atoms with Gasteiger partial charge < -0.3 is 0 Å². The van der Waals surface area contributed by atoms with E-state index in [9.17, 15) is 0 Å². The van der Waals surface area contributed by atoms with Crippen LogP contribution in [0.5, 0.6) is 0 Å². The molecule has 2 aliphatic rings. The monoisotopic (exact) mass is 344 g/mol. The summed E-state index contributed by atoms with van der Waals surface area (Å²) in [7, 11) is 0. The van der Waals surface area contributed by atoms with Gasteiger partial charge in [-0.15, -0.1) is 0 Å². The van der Waals surface area contributed by atoms with Gasteiger partial charge in [0.25, 0.3) is 0 Å². The fourth-order valence-corrected chi connectivity index (χ4v) is 2.55. The van der Waals surface area contributed by atoms with Crippen LogP contribution in [0.15, 0.2) is 83.5 Å². The normalized spacial score (nSPS) is 16.8. The molecule has 1 aromatic rings. The molecule has 0 unspecified atom stereocenters. The third-order valence-corrected chi connectivity index (χ3v) is 3.85. The van der Waals surface area contributed by atoms with Crippen molar-refractivity contribution in [3.8, 4) is 0 Å². The summed E-state index contributed by atoms with van der Waals surface area (Å²) >= 11 is 2.34. The minimum absolute atomic E-state index is 1.01. The molecule has 0 saturated heterocycles. The largest absolute Gasteiger partial charge is 0.0616 e. The van der Waals surface area contributed by atoms with Gasteiger partial charge in [0.1, 0.15) is 0 Å². The first-order valence-corrected chi connectivity index (χ1v) is 7.11. The van der Waals surface area contributed by atoms with Crippen LogP contribution in [-0.2, 0) is 6.42 Å². The smallest absolute Gasteiger partial charge is 0.0130 e. The van der Waals surface area contributed by atoms with Crippen molar-refractivity contribution in [2.24, 2.45) is 0 Å². The number of allylic oxidation sites excluding steroid dienone is 10. The van der Waals surface area contributed by atoms with E-state index in [0.29, 0.717) is 0 Å². The molecular weight excluding hydrogens is 331 g/mol. The second-order valence-electron chi connectivity index (χ2n) is 4.48. The molecule has 0 N–H and O–H groups in total. The molecule has 0 atom stereocenters. The molecule has 0 aliphatic heterocycles. The molecule has 3 rings (SSSR count). The Labute approximate surface area is 121 Å². The fourth-order valence-electron chi connectivity index (χ4n) is 2.19. The average Bonchev–Trinajstić information content (AvgIpc) is 3.02. The van der Waals surface area contributed by atoms with Crippen LogP contribution in [-0.4, -0.2) is 0 Å². The quantitative estimate of drug-likeness (QED) is 0.679. The van der Waals surface area contributed by atoms with Gasteiger partial charge in [-0.05, 0) is 63.4 Å². The maximum Gasteiger partial charge on any atom is 0.0130 e. The maximum absolute atomic E-state index is 2.34. The summed E-state index contributed by atoms with van der Waals surface area (Å²) in [5, 5.41) is 0. The Bertz CT molecular complexity index is 594. The molecule has 0 bridgehead atoms. The zero-order chi connectivity index (χ0) is 12.4. The van der Waals surface area contributed by atoms with Crippen molar-refractivity contribution in [3.05, 3.63) is 92.7 Å². The first kappa shape index (κ1) is 11.7. The highest BCUT2D eigenvalue weighted by Gasteiger charge is 2.07. The third kappa shape index (κ3) is 2.56. The van der Waals surface area contributed by atoms with Crippen LogP contribution in [0.1, 0.15) is 5.56 Å². The van der Waals surface area contributed by atoms with E-state index < -0.39 is 0 Å². The Balaban J connectivity index is 1.80. The van der Waals surface area contributed by atoms with Crippen LogP contribution in [0.4, 0.5) is 0 Å². The van der Waals surface area contributed by atoms with Gasteiger partial charge in [-0.1, -0.05) is 54.7 Å². The van der Waals surface area contributed by atoms with Crippen molar-refractivity contribution in [2.45, 2.75) is 6.42 Å². The van der Waals surface area contributed by atoms with E-state index in [1.165, 1.54) is 25.9 Å². The standard InChI is InChI=1S/C17H13I/c18-17-9-6-13(7-10-17)11-14-5-8-16(12-14)15-3-1-2-4-15/h1-10,12H,11H2. The second kappa shape index (κ2) is 5.11. The molecule has 2 aliphatic carbocycles. The summed E-state index contributed by atoms with van der Waals surface area (Å²) in [6.45, 7) is 0. The zero-order valence-corrected chi connectivity index (χ0v) is 12.1. The highest BCUT2D eigenvalue weighted by atomic mass is 127. The van der Waals surface area contributed by atoms with E-state index in [2.05, 4.69) is 89.4 Å². The predicted molar refractivity (Wildman–Crippen MR) is 85.4 cm³/mol. The van der Waals surface area contributed by atoms with E-state index in [1.54, 1.807) is 0 Å². The molecule has 0 aromatic heterocycles. The minimum Gasteiger partial charge on any atom is -0.0616 e. The average molecular weight is 344 g/mol. The predicted octanol–water partition coefficient (Wildman–Crippen LogP) is 4.75. The summed E-state index contributed by atoms with van der Waals surface area (Å²) in [5.41, 5.74) is 5.38. The Morgan fingerprint density at radius 1 is 0.778 bits per heavy atom. The van der Waals surface area contributed by atoms with E-state index in [4.69, 9.17) is 0 Å². The Kier molecular flexibility index (Phi) is 3.33. The molecule has 0 radical (unpaired) electrons. The van der Waals surface area contributed by atoms with Crippen molar-refractivity contribution in [2.75, 3.05) is 0 Å². The van der Waals surface area contributed by atoms with Crippen molar-refractivity contribution in [1.82, 2.24) is 0 Å². The minimum atomic E-state index is 1.01. The van der Waals surface area contributed by atoms with Crippen LogP contribution in [0, 0.1) is 3.57 Å². The van der Waals surface area contributed by atoms with Gasteiger partial charge >= 0.3 is 0 Å². The van der Waals surface area contributed by atoms with E-state index >= 15 is 0 Å². The molecule has 88 valence electrons. The van der Waals surface area contributed by atoms with Gasteiger partial charge in [0, 0.05) is 3.57 Å². The lowest BCUT2D eigenvalue weighted by atomic mass is 10.1. The molecule has 0 fully saturated rings. The lowest BCUT2D eigenvalue weighted by Gasteiger charge is -2.00. The first-order valence-electron chi connectivity index (χ1n) is 6.03. The Hall–Kier alpha value is -1.35. The third-order valence-electron chi connectivity index (χ3n) is 3.14. The van der Waals surface area contributed by atoms with Crippen molar-refractivity contribution in [1.29, 1.82) is 0 Å². The molecule has 0 spiro atoms. The number of benzene rings is 1. The first-order chi connectivity index (χ1) is 8.81. The van der Waals surface area contributed by atoms with Crippen molar-refractivity contribution >= 4 is 22.6 Å². The highest BCUT2D eigenvalue weighted by Crippen LogP contribution is 2.24. The fraction of sp³-hybridized carbons (Fsp3) is 0.0588. The van der Waals surface area contributed by atoms with Crippen LogP contribution < -0.4 is 0 Å². The van der Waals surface area contributed by atoms with Gasteiger partial charge in [-0.3, -0.25) is 0 Å². The topological polar surface area (TPSA) is 0 Å². The van der Waals surface area contributed by atoms with Crippen LogP contribution in [0.2, 0.25) is 0 Å². The van der Waals surface area contributed by atoms with E-state index in [0.717, 1.165) is 6.42 Å². The van der Waals surface area contributed by atoms with Crippen LogP contribution >= 0.6 is 22.6 Å². The molecule has 18 heavy (non-hydrogen) atoms. The molecule has 1 heteroatoms. The summed E-state index contributed by atoms with van der Waals surface area (Å²) in [6.07, 6.45) is 16.2. The SMILES string of the molecule is Ic1ccc(CC2=CC(=C3C=CC=C3)C=C2)cc1. The van der Waals surface area contributed by atoms with Gasteiger partial charge in [0.05, 0.1) is 0 Å².